The average Bonchev–Trinajstić information content (AvgIpc) is 2.92. The summed E-state index contributed by atoms with van der Waals surface area (Å²) < 4.78 is 19.6. The lowest BCUT2D eigenvalue weighted by Gasteiger charge is -2.07. The molecule has 0 saturated heterocycles. The highest BCUT2D eigenvalue weighted by Crippen LogP contribution is 2.37. The second-order valence-corrected chi connectivity index (χ2v) is 6.40. The lowest BCUT2D eigenvalue weighted by Crippen LogP contribution is -2.02. The van der Waals surface area contributed by atoms with Crippen LogP contribution >= 0.6 is 27.3 Å². The highest BCUT2D eigenvalue weighted by Gasteiger charge is 2.12. The van der Waals surface area contributed by atoms with Gasteiger partial charge >= 0.3 is 0 Å². The van der Waals surface area contributed by atoms with Gasteiger partial charge in [-0.05, 0) is 40.9 Å². The molecule has 0 atom stereocenters. The normalized spacial score (nSPS) is 11.9. The van der Waals surface area contributed by atoms with Crippen LogP contribution in [0.4, 0.5) is 4.39 Å². The first-order valence-corrected chi connectivity index (χ1v) is 8.25. The number of halogens is 2. The number of carbonyl (C=O) groups is 1. The van der Waals surface area contributed by atoms with E-state index in [4.69, 9.17) is 4.74 Å². The van der Waals surface area contributed by atoms with Crippen LogP contribution in [0.15, 0.2) is 28.5 Å². The van der Waals surface area contributed by atoms with Crippen LogP contribution in [-0.2, 0) is 11.2 Å². The van der Waals surface area contributed by atoms with Gasteiger partial charge < -0.3 is 4.74 Å². The van der Waals surface area contributed by atoms with E-state index in [2.05, 4.69) is 27.8 Å². The highest BCUT2D eigenvalue weighted by atomic mass is 79.9. The van der Waals surface area contributed by atoms with Crippen LogP contribution < -0.4 is 4.74 Å². The van der Waals surface area contributed by atoms with Crippen LogP contribution in [0.3, 0.4) is 0 Å². The molecule has 0 amide bonds. The average molecular weight is 372 g/mol. The Hall–Kier alpha value is -1.27. The van der Waals surface area contributed by atoms with Crippen molar-refractivity contribution in [2.75, 3.05) is 6.61 Å². The van der Waals surface area contributed by atoms with E-state index in [1.165, 1.54) is 0 Å². The molecule has 2 aromatic rings. The number of aldehydes is 1. The van der Waals surface area contributed by atoms with Gasteiger partial charge in [0.25, 0.3) is 0 Å². The Labute approximate surface area is 135 Å². The van der Waals surface area contributed by atoms with Gasteiger partial charge in [-0.3, -0.25) is 4.79 Å². The number of carbonyl (C=O) groups excluding carboxylic acids is 1. The molecule has 0 unspecified atom stereocenters. The van der Waals surface area contributed by atoms with Gasteiger partial charge in [0.15, 0.2) is 6.29 Å². The summed E-state index contributed by atoms with van der Waals surface area (Å²) in [5, 5.41) is 1.10. The van der Waals surface area contributed by atoms with Gasteiger partial charge in [0.05, 0.1) is 31.6 Å². The molecule has 1 heterocycles. The van der Waals surface area contributed by atoms with Crippen molar-refractivity contribution >= 4 is 43.8 Å². The molecule has 112 valence electrons. The van der Waals surface area contributed by atoms with Crippen molar-refractivity contribution in [2.24, 2.45) is 0 Å². The maximum absolute atomic E-state index is 12.3. The van der Waals surface area contributed by atoms with Crippen LogP contribution in [0.5, 0.6) is 5.75 Å². The molecule has 21 heavy (non-hydrogen) atoms. The van der Waals surface area contributed by atoms with Gasteiger partial charge in [-0.15, -0.1) is 11.3 Å². The lowest BCUT2D eigenvalue weighted by molar-refractivity contribution is -0.105. The molecule has 0 aliphatic heterocycles. The number of benzene rings is 1. The van der Waals surface area contributed by atoms with E-state index in [-0.39, 0.29) is 18.5 Å². The zero-order chi connectivity index (χ0) is 15.2. The first kappa shape index (κ1) is 16.1. The van der Waals surface area contributed by atoms with Crippen molar-refractivity contribution in [1.29, 1.82) is 0 Å². The molecule has 3 nitrogen and oxygen atoms in total. The fourth-order valence-corrected chi connectivity index (χ4v) is 3.51. The van der Waals surface area contributed by atoms with E-state index in [0.717, 1.165) is 39.0 Å². The summed E-state index contributed by atoms with van der Waals surface area (Å²) in [5.41, 5.74) is 0.886. The summed E-state index contributed by atoms with van der Waals surface area (Å²) in [4.78, 5) is 15.1. The summed E-state index contributed by atoms with van der Waals surface area (Å²) in [6.45, 7) is 2.06. The third-order valence-electron chi connectivity index (χ3n) is 2.94. The number of aryl methyl sites for hydroxylation is 1. The third-order valence-corrected chi connectivity index (χ3v) is 5.13. The molecular formula is C15H15BrFNO2S. The summed E-state index contributed by atoms with van der Waals surface area (Å²) in [7, 11) is 0. The van der Waals surface area contributed by atoms with Gasteiger partial charge in [0, 0.05) is 0 Å². The summed E-state index contributed by atoms with van der Waals surface area (Å²) >= 11 is 5.13. The number of rotatable bonds is 7. The zero-order valence-corrected chi connectivity index (χ0v) is 14.0. The molecule has 6 heteroatoms. The fourth-order valence-electron chi connectivity index (χ4n) is 1.79. The number of thiazole rings is 1. The minimum atomic E-state index is -0.0917. The molecule has 0 aliphatic rings. The van der Waals surface area contributed by atoms with Gasteiger partial charge in [0.1, 0.15) is 12.4 Å². The van der Waals surface area contributed by atoms with Crippen LogP contribution in [0, 0.1) is 0 Å². The molecule has 2 rings (SSSR count). The molecule has 1 aromatic heterocycles. The van der Waals surface area contributed by atoms with E-state index >= 15 is 0 Å². The number of aromatic nitrogens is 1. The van der Waals surface area contributed by atoms with Gasteiger partial charge in [-0.1, -0.05) is 13.3 Å². The largest absolute Gasteiger partial charge is 0.487 e. The highest BCUT2D eigenvalue weighted by molar-refractivity contribution is 9.10. The molecule has 0 spiro atoms. The van der Waals surface area contributed by atoms with E-state index < -0.39 is 0 Å². The van der Waals surface area contributed by atoms with Crippen molar-refractivity contribution in [3.8, 4) is 5.75 Å². The van der Waals surface area contributed by atoms with Crippen molar-refractivity contribution < 1.29 is 13.9 Å². The molecule has 0 aliphatic carbocycles. The topological polar surface area (TPSA) is 39.2 Å². The fraction of sp³-hybridized carbons (Fsp3) is 0.333. The van der Waals surface area contributed by atoms with Crippen LogP contribution in [-0.4, -0.2) is 17.9 Å². The van der Waals surface area contributed by atoms with Gasteiger partial charge in [-0.25, -0.2) is 9.37 Å². The second kappa shape index (κ2) is 7.66. The molecule has 0 bridgehead atoms. The minimum absolute atomic E-state index is 0.0325. The molecule has 0 radical (unpaired) electrons. The van der Waals surface area contributed by atoms with Crippen molar-refractivity contribution in [1.82, 2.24) is 4.98 Å². The predicted octanol–water partition coefficient (Wildman–Crippen LogP) is 4.83. The number of fused-ring (bicyclic) bond motifs is 1. The number of ether oxygens (including phenoxy) is 1. The monoisotopic (exact) mass is 371 g/mol. The smallest absolute Gasteiger partial charge is 0.151 e. The number of hydrogen-bond donors (Lipinski definition) is 0. The summed E-state index contributed by atoms with van der Waals surface area (Å²) in [6, 6.07) is 3.65. The van der Waals surface area contributed by atoms with Crippen molar-refractivity contribution in [2.45, 2.75) is 26.2 Å². The SMILES string of the molecule is CCCCc1nc2ccc(OC/C(C=O)=C\F)c(Br)c2s1. The maximum Gasteiger partial charge on any atom is 0.151 e. The number of hydrogen-bond acceptors (Lipinski definition) is 4. The van der Waals surface area contributed by atoms with Gasteiger partial charge in [0.2, 0.25) is 0 Å². The van der Waals surface area contributed by atoms with E-state index in [0.29, 0.717) is 12.0 Å². The Morgan fingerprint density at radius 3 is 3.00 bits per heavy atom. The Kier molecular flexibility index (Phi) is 5.87. The number of unbranched alkanes of at least 4 members (excludes halogenated alkanes) is 1. The Morgan fingerprint density at radius 2 is 2.33 bits per heavy atom. The molecule has 0 fully saturated rings. The van der Waals surface area contributed by atoms with E-state index in [1.54, 1.807) is 17.4 Å². The third kappa shape index (κ3) is 3.89. The lowest BCUT2D eigenvalue weighted by atomic mass is 10.2. The Morgan fingerprint density at radius 1 is 1.52 bits per heavy atom. The van der Waals surface area contributed by atoms with Gasteiger partial charge in [-0.2, -0.15) is 0 Å². The van der Waals surface area contributed by atoms with Crippen LogP contribution in [0.1, 0.15) is 24.8 Å². The first-order chi connectivity index (χ1) is 10.2. The zero-order valence-electron chi connectivity index (χ0n) is 11.6. The van der Waals surface area contributed by atoms with Crippen molar-refractivity contribution in [3.05, 3.63) is 33.5 Å². The summed E-state index contributed by atoms with van der Waals surface area (Å²) in [6.07, 6.45) is 3.93. The molecule has 1 aromatic carbocycles. The van der Waals surface area contributed by atoms with E-state index in [1.807, 2.05) is 6.07 Å². The Balaban J connectivity index is 2.22. The molecular weight excluding hydrogens is 357 g/mol. The van der Waals surface area contributed by atoms with Crippen molar-refractivity contribution in [3.63, 3.8) is 0 Å². The van der Waals surface area contributed by atoms with Crippen LogP contribution in [0.25, 0.3) is 10.2 Å². The molecule has 0 saturated carbocycles. The minimum Gasteiger partial charge on any atom is -0.487 e. The first-order valence-electron chi connectivity index (χ1n) is 6.64. The quantitative estimate of drug-likeness (QED) is 0.516. The summed E-state index contributed by atoms with van der Waals surface area (Å²) in [5.74, 6) is 0.578. The van der Waals surface area contributed by atoms with E-state index in [9.17, 15) is 9.18 Å². The second-order valence-electron chi connectivity index (χ2n) is 4.53. The molecule has 0 N–H and O–H groups in total. The standard InChI is InChI=1S/C15H15BrFNO2S/c1-2-3-4-13-18-11-5-6-12(14(16)15(11)21-13)20-9-10(7-17)8-19/h5-8H,2-4,9H2,1H3/b10-7-. The Bertz CT molecular complexity index is 669. The number of nitrogens with zero attached hydrogens (tertiary/aromatic N) is 1. The maximum atomic E-state index is 12.3. The van der Waals surface area contributed by atoms with Crippen LogP contribution in [0.2, 0.25) is 0 Å². The predicted molar refractivity (Wildman–Crippen MR) is 86.7 cm³/mol.